The Morgan fingerprint density at radius 2 is 2.19 bits per heavy atom. The number of hydrogen-bond acceptors (Lipinski definition) is 3. The van der Waals surface area contributed by atoms with E-state index in [9.17, 15) is 9.59 Å². The van der Waals surface area contributed by atoms with E-state index in [0.29, 0.717) is 12.3 Å². The number of amides is 2. The Bertz CT molecular complexity index is 542. The molecule has 21 heavy (non-hydrogen) atoms. The largest absolute Gasteiger partial charge is 0.342 e. The highest BCUT2D eigenvalue weighted by molar-refractivity contribution is 5.97. The maximum Gasteiger partial charge on any atom is 0.246 e. The van der Waals surface area contributed by atoms with Gasteiger partial charge in [-0.05, 0) is 43.7 Å². The molecule has 3 rings (SSSR count). The maximum atomic E-state index is 12.8. The third kappa shape index (κ3) is 2.52. The molecule has 1 aromatic heterocycles. The monoisotopic (exact) mass is 287 g/mol. The van der Waals surface area contributed by atoms with E-state index < -0.39 is 0 Å². The summed E-state index contributed by atoms with van der Waals surface area (Å²) >= 11 is 0. The van der Waals surface area contributed by atoms with Gasteiger partial charge in [0.2, 0.25) is 11.8 Å². The lowest BCUT2D eigenvalue weighted by Crippen LogP contribution is -2.64. The Balaban J connectivity index is 1.91. The summed E-state index contributed by atoms with van der Waals surface area (Å²) in [4.78, 5) is 31.1. The predicted octanol–water partition coefficient (Wildman–Crippen LogP) is 1.66. The number of carbonyl (C=O) groups is 2. The second-order valence-electron chi connectivity index (χ2n) is 5.96. The van der Waals surface area contributed by atoms with Crippen LogP contribution in [0.2, 0.25) is 0 Å². The van der Waals surface area contributed by atoms with Crippen molar-refractivity contribution >= 4 is 11.8 Å². The molecule has 2 aliphatic rings. The average Bonchev–Trinajstić information content (AvgIpc) is 3.33. The molecule has 112 valence electrons. The Kier molecular flexibility index (Phi) is 3.66. The second kappa shape index (κ2) is 5.47. The zero-order valence-corrected chi connectivity index (χ0v) is 12.5. The summed E-state index contributed by atoms with van der Waals surface area (Å²) in [5, 5.41) is 2.92. The summed E-state index contributed by atoms with van der Waals surface area (Å²) in [7, 11) is 0. The van der Waals surface area contributed by atoms with Gasteiger partial charge in [-0.25, -0.2) is 0 Å². The molecule has 0 aromatic carbocycles. The van der Waals surface area contributed by atoms with Crippen molar-refractivity contribution in [1.82, 2.24) is 15.2 Å². The molecule has 3 unspecified atom stereocenters. The van der Waals surface area contributed by atoms with Crippen LogP contribution < -0.4 is 5.32 Å². The van der Waals surface area contributed by atoms with Crippen LogP contribution in [0.4, 0.5) is 0 Å². The van der Waals surface area contributed by atoms with Crippen LogP contribution in [0.5, 0.6) is 0 Å². The smallest absolute Gasteiger partial charge is 0.246 e. The number of nitrogens with one attached hydrogen (secondary N) is 1. The Labute approximate surface area is 124 Å². The molecule has 0 bridgehead atoms. The fourth-order valence-electron chi connectivity index (χ4n) is 3.13. The van der Waals surface area contributed by atoms with Crippen molar-refractivity contribution in [3.63, 3.8) is 0 Å². The van der Waals surface area contributed by atoms with Gasteiger partial charge in [0.1, 0.15) is 12.1 Å². The minimum Gasteiger partial charge on any atom is -0.342 e. The number of carbonyl (C=O) groups excluding carboxylic acids is 2. The van der Waals surface area contributed by atoms with Gasteiger partial charge in [0.05, 0.1) is 6.04 Å². The van der Waals surface area contributed by atoms with Gasteiger partial charge in [0.15, 0.2) is 0 Å². The van der Waals surface area contributed by atoms with E-state index in [1.54, 1.807) is 17.3 Å². The van der Waals surface area contributed by atoms with Gasteiger partial charge in [0.25, 0.3) is 0 Å². The van der Waals surface area contributed by atoms with Gasteiger partial charge in [-0.3, -0.25) is 14.6 Å². The molecule has 5 nitrogen and oxygen atoms in total. The lowest BCUT2D eigenvalue weighted by atomic mass is 9.97. The first-order valence-electron chi connectivity index (χ1n) is 7.66. The van der Waals surface area contributed by atoms with E-state index >= 15 is 0 Å². The lowest BCUT2D eigenvalue weighted by Gasteiger charge is -2.42. The predicted molar refractivity (Wildman–Crippen MR) is 78.2 cm³/mol. The van der Waals surface area contributed by atoms with Crippen molar-refractivity contribution < 1.29 is 9.59 Å². The van der Waals surface area contributed by atoms with Crippen LogP contribution in [-0.2, 0) is 9.59 Å². The van der Waals surface area contributed by atoms with Crippen LogP contribution >= 0.6 is 0 Å². The third-order valence-electron chi connectivity index (χ3n) is 4.52. The summed E-state index contributed by atoms with van der Waals surface area (Å²) in [5.41, 5.74) is 0.966. The van der Waals surface area contributed by atoms with Crippen molar-refractivity contribution in [2.24, 2.45) is 5.92 Å². The fourth-order valence-corrected chi connectivity index (χ4v) is 3.13. The first-order chi connectivity index (χ1) is 10.1. The van der Waals surface area contributed by atoms with E-state index in [1.807, 2.05) is 26.0 Å². The van der Waals surface area contributed by atoms with Crippen LogP contribution in [0.1, 0.15) is 44.7 Å². The Morgan fingerprint density at radius 1 is 1.43 bits per heavy atom. The van der Waals surface area contributed by atoms with Crippen molar-refractivity contribution in [1.29, 1.82) is 0 Å². The first-order valence-corrected chi connectivity index (χ1v) is 7.66. The SMILES string of the molecule is CCC1C(=O)NC(C2CC2)C(=O)N1C(C)c1cccnc1. The van der Waals surface area contributed by atoms with Crippen molar-refractivity contribution in [2.75, 3.05) is 0 Å². The van der Waals surface area contributed by atoms with Gasteiger partial charge in [-0.15, -0.1) is 0 Å². The molecule has 1 aliphatic heterocycles. The molecular formula is C16H21N3O2. The topological polar surface area (TPSA) is 62.3 Å². The van der Waals surface area contributed by atoms with E-state index in [4.69, 9.17) is 0 Å². The molecule has 1 N–H and O–H groups in total. The van der Waals surface area contributed by atoms with Gasteiger partial charge in [0, 0.05) is 12.4 Å². The van der Waals surface area contributed by atoms with E-state index in [-0.39, 0.29) is 29.9 Å². The molecule has 2 amide bonds. The molecule has 1 aromatic rings. The fraction of sp³-hybridized carbons (Fsp3) is 0.562. The minimum absolute atomic E-state index is 0.0234. The molecule has 1 saturated heterocycles. The molecule has 2 heterocycles. The summed E-state index contributed by atoms with van der Waals surface area (Å²) in [5.74, 6) is 0.355. The summed E-state index contributed by atoms with van der Waals surface area (Å²) in [6, 6.07) is 2.96. The first kappa shape index (κ1) is 14.0. The quantitative estimate of drug-likeness (QED) is 0.916. The third-order valence-corrected chi connectivity index (χ3v) is 4.52. The van der Waals surface area contributed by atoms with Crippen LogP contribution in [0.3, 0.4) is 0 Å². The van der Waals surface area contributed by atoms with Gasteiger partial charge in [-0.1, -0.05) is 13.0 Å². The van der Waals surface area contributed by atoms with Gasteiger partial charge in [-0.2, -0.15) is 0 Å². The zero-order chi connectivity index (χ0) is 15.0. The minimum atomic E-state index is -0.386. The molecule has 0 spiro atoms. The van der Waals surface area contributed by atoms with Crippen molar-refractivity contribution in [3.05, 3.63) is 30.1 Å². The maximum absolute atomic E-state index is 12.8. The molecule has 3 atom stereocenters. The standard InChI is InChI=1S/C16H21N3O2/c1-3-13-15(20)18-14(11-6-7-11)16(21)19(13)10(2)12-5-4-8-17-9-12/h4-5,8-11,13-14H,3,6-7H2,1-2H3,(H,18,20). The summed E-state index contributed by atoms with van der Waals surface area (Å²) < 4.78 is 0. The van der Waals surface area contributed by atoms with Crippen molar-refractivity contribution in [2.45, 2.75) is 51.2 Å². The Morgan fingerprint density at radius 3 is 2.76 bits per heavy atom. The highest BCUT2D eigenvalue weighted by Gasteiger charge is 2.47. The molecule has 1 aliphatic carbocycles. The second-order valence-corrected chi connectivity index (χ2v) is 5.96. The molecule has 2 fully saturated rings. The van der Waals surface area contributed by atoms with Crippen LogP contribution in [0.15, 0.2) is 24.5 Å². The van der Waals surface area contributed by atoms with E-state index in [2.05, 4.69) is 10.3 Å². The molecule has 0 radical (unpaired) electrons. The molecular weight excluding hydrogens is 266 g/mol. The van der Waals surface area contributed by atoms with Gasteiger partial charge < -0.3 is 10.2 Å². The number of piperazine rings is 1. The van der Waals surface area contributed by atoms with Crippen molar-refractivity contribution in [3.8, 4) is 0 Å². The van der Waals surface area contributed by atoms with Gasteiger partial charge >= 0.3 is 0 Å². The molecule has 1 saturated carbocycles. The normalized spacial score (nSPS) is 27.4. The highest BCUT2D eigenvalue weighted by Crippen LogP contribution is 2.37. The zero-order valence-electron chi connectivity index (χ0n) is 12.5. The van der Waals surface area contributed by atoms with Crippen LogP contribution in [0, 0.1) is 5.92 Å². The van der Waals surface area contributed by atoms with E-state index in [0.717, 1.165) is 18.4 Å². The summed E-state index contributed by atoms with van der Waals surface area (Å²) in [6.07, 6.45) is 6.17. The lowest BCUT2D eigenvalue weighted by molar-refractivity contribution is -0.152. The number of pyridine rings is 1. The van der Waals surface area contributed by atoms with Crippen LogP contribution in [-0.4, -0.2) is 33.8 Å². The number of aromatic nitrogens is 1. The summed E-state index contributed by atoms with van der Waals surface area (Å²) in [6.45, 7) is 3.91. The average molecular weight is 287 g/mol. The molecule has 5 heteroatoms. The van der Waals surface area contributed by atoms with E-state index in [1.165, 1.54) is 0 Å². The van der Waals surface area contributed by atoms with Crippen LogP contribution in [0.25, 0.3) is 0 Å². The Hall–Kier alpha value is -1.91. The highest BCUT2D eigenvalue weighted by atomic mass is 16.2. The number of hydrogen-bond donors (Lipinski definition) is 1. The number of rotatable bonds is 4. The number of nitrogens with zero attached hydrogens (tertiary/aromatic N) is 2.